The average molecular weight is 280 g/mol. The van der Waals surface area contributed by atoms with Gasteiger partial charge in [-0.15, -0.1) is 0 Å². The molecule has 0 unspecified atom stereocenters. The topological polar surface area (TPSA) is 75.3 Å². The van der Waals surface area contributed by atoms with E-state index in [9.17, 15) is 4.79 Å². The van der Waals surface area contributed by atoms with E-state index in [1.54, 1.807) is 18.3 Å². The van der Waals surface area contributed by atoms with E-state index in [2.05, 4.69) is 21.2 Å². The van der Waals surface area contributed by atoms with Crippen LogP contribution in [-0.4, -0.2) is 35.3 Å². The van der Waals surface area contributed by atoms with Gasteiger partial charge in [0.2, 0.25) is 0 Å². The molecule has 1 saturated heterocycles. The van der Waals surface area contributed by atoms with Crippen molar-refractivity contribution in [1.82, 2.24) is 21.2 Å². The maximum atomic E-state index is 11.7. The van der Waals surface area contributed by atoms with E-state index in [0.29, 0.717) is 17.2 Å². The Morgan fingerprint density at radius 1 is 1.53 bits per heavy atom. The highest BCUT2D eigenvalue weighted by molar-refractivity contribution is 7.80. The smallest absolute Gasteiger partial charge is 0.271 e. The predicted molar refractivity (Wildman–Crippen MR) is 74.4 cm³/mol. The van der Waals surface area contributed by atoms with Crippen LogP contribution >= 0.6 is 12.2 Å². The molecule has 1 fully saturated rings. The van der Waals surface area contributed by atoms with Crippen LogP contribution in [0.4, 0.5) is 0 Å². The van der Waals surface area contributed by atoms with Gasteiger partial charge in [-0.25, -0.2) is 0 Å². The average Bonchev–Trinajstić information content (AvgIpc) is 2.96. The summed E-state index contributed by atoms with van der Waals surface area (Å²) in [5, 5.41) is 3.36. The summed E-state index contributed by atoms with van der Waals surface area (Å²) in [4.78, 5) is 15.6. The van der Waals surface area contributed by atoms with Crippen molar-refractivity contribution in [3.63, 3.8) is 0 Å². The Balaban J connectivity index is 1.67. The molecule has 102 valence electrons. The molecule has 2 heterocycles. The maximum absolute atomic E-state index is 11.7. The molecule has 1 aromatic heterocycles. The summed E-state index contributed by atoms with van der Waals surface area (Å²) < 4.78 is 5.45. The molecular formula is C12H16N4O2S. The molecule has 0 saturated carbocycles. The zero-order valence-corrected chi connectivity index (χ0v) is 11.2. The maximum Gasteiger partial charge on any atom is 0.271 e. The monoisotopic (exact) mass is 280 g/mol. The van der Waals surface area contributed by atoms with Gasteiger partial charge in [-0.1, -0.05) is 0 Å². The molecule has 0 aromatic carbocycles. The Morgan fingerprint density at radius 3 is 3.11 bits per heavy atom. The van der Waals surface area contributed by atoms with E-state index in [0.717, 1.165) is 19.4 Å². The lowest BCUT2D eigenvalue weighted by Crippen LogP contribution is -2.48. The summed E-state index contributed by atoms with van der Waals surface area (Å²) in [5.41, 5.74) is 5.61. The Morgan fingerprint density at radius 2 is 2.42 bits per heavy atom. The molecule has 0 bridgehead atoms. The van der Waals surface area contributed by atoms with Crippen molar-refractivity contribution in [3.05, 3.63) is 30.1 Å². The number of hydrogen-bond acceptors (Lipinski definition) is 4. The van der Waals surface area contributed by atoms with Crippen molar-refractivity contribution < 1.29 is 9.53 Å². The lowest BCUT2D eigenvalue weighted by atomic mass is 10.2. The van der Waals surface area contributed by atoms with Crippen molar-refractivity contribution in [2.24, 2.45) is 0 Å². The van der Waals surface area contributed by atoms with Crippen molar-refractivity contribution in [2.45, 2.75) is 18.9 Å². The van der Waals surface area contributed by atoms with E-state index in [1.807, 2.05) is 0 Å². The van der Waals surface area contributed by atoms with Gasteiger partial charge in [0.1, 0.15) is 0 Å². The van der Waals surface area contributed by atoms with Crippen molar-refractivity contribution in [2.75, 3.05) is 13.2 Å². The lowest BCUT2D eigenvalue weighted by Gasteiger charge is -2.14. The van der Waals surface area contributed by atoms with E-state index >= 15 is 0 Å². The number of ether oxygens (including phenoxy) is 1. The lowest BCUT2D eigenvalue weighted by molar-refractivity contribution is 0.0943. The standard InChI is InChI=1S/C12H16N4O2S/c17-11(9-3-1-5-13-7-9)15-16-12(19)14-8-10-4-2-6-18-10/h1,3,5,7,10H,2,4,6,8H2,(H,15,17)(H2,14,16,19)/t10-/m1/s1. The van der Waals surface area contributed by atoms with Gasteiger partial charge < -0.3 is 10.1 Å². The van der Waals surface area contributed by atoms with Crippen LogP contribution < -0.4 is 16.2 Å². The molecular weight excluding hydrogens is 264 g/mol. The van der Waals surface area contributed by atoms with Gasteiger partial charge in [0, 0.05) is 25.5 Å². The number of thiocarbonyl (C=S) groups is 1. The number of hydrazine groups is 1. The predicted octanol–water partition coefficient (Wildman–Crippen LogP) is 0.369. The summed E-state index contributed by atoms with van der Waals surface area (Å²) in [6.45, 7) is 1.46. The van der Waals surface area contributed by atoms with Crippen molar-refractivity contribution in [3.8, 4) is 0 Å². The van der Waals surface area contributed by atoms with Gasteiger partial charge in [0.15, 0.2) is 5.11 Å². The number of hydrogen-bond donors (Lipinski definition) is 3. The first-order chi connectivity index (χ1) is 9.25. The normalized spacial score (nSPS) is 17.8. The van der Waals surface area contributed by atoms with Crippen LogP contribution in [0.15, 0.2) is 24.5 Å². The van der Waals surface area contributed by atoms with Crippen LogP contribution in [0.3, 0.4) is 0 Å². The zero-order valence-electron chi connectivity index (χ0n) is 10.4. The van der Waals surface area contributed by atoms with Gasteiger partial charge >= 0.3 is 0 Å². The van der Waals surface area contributed by atoms with Gasteiger partial charge in [-0.3, -0.25) is 20.6 Å². The van der Waals surface area contributed by atoms with Crippen LogP contribution in [0, 0.1) is 0 Å². The van der Waals surface area contributed by atoms with Crippen molar-refractivity contribution >= 4 is 23.2 Å². The summed E-state index contributed by atoms with van der Waals surface area (Å²) in [6, 6.07) is 3.37. The van der Waals surface area contributed by atoms with Gasteiger partial charge in [0.25, 0.3) is 5.91 Å². The number of nitrogens with one attached hydrogen (secondary N) is 3. The minimum atomic E-state index is -0.283. The highest BCUT2D eigenvalue weighted by atomic mass is 32.1. The minimum absolute atomic E-state index is 0.203. The number of nitrogens with zero attached hydrogens (tertiary/aromatic N) is 1. The highest BCUT2D eigenvalue weighted by Gasteiger charge is 2.15. The zero-order chi connectivity index (χ0) is 13.5. The van der Waals surface area contributed by atoms with Crippen molar-refractivity contribution in [1.29, 1.82) is 0 Å². The van der Waals surface area contributed by atoms with Crippen LogP contribution in [0.5, 0.6) is 0 Å². The van der Waals surface area contributed by atoms with Crippen LogP contribution in [-0.2, 0) is 4.74 Å². The summed E-state index contributed by atoms with van der Waals surface area (Å²) in [7, 11) is 0. The number of carbonyl (C=O) groups is 1. The van der Waals surface area contributed by atoms with E-state index in [-0.39, 0.29) is 12.0 Å². The van der Waals surface area contributed by atoms with Gasteiger partial charge in [-0.2, -0.15) is 0 Å². The molecule has 19 heavy (non-hydrogen) atoms. The second-order valence-electron chi connectivity index (χ2n) is 4.17. The fraction of sp³-hybridized carbons (Fsp3) is 0.417. The Labute approximate surface area is 116 Å². The number of amides is 1. The summed E-state index contributed by atoms with van der Waals surface area (Å²) in [6.07, 6.45) is 5.42. The third-order valence-electron chi connectivity index (χ3n) is 2.73. The SMILES string of the molecule is O=C(NNC(=S)NC[C@H]1CCCO1)c1cccnc1. The fourth-order valence-electron chi connectivity index (χ4n) is 1.74. The molecule has 1 amide bonds. The third kappa shape index (κ3) is 4.46. The Kier molecular flexibility index (Phi) is 5.05. The van der Waals surface area contributed by atoms with Gasteiger partial charge in [0.05, 0.1) is 11.7 Å². The number of carbonyl (C=O) groups excluding carboxylic acids is 1. The second kappa shape index (κ2) is 7.01. The molecule has 0 radical (unpaired) electrons. The molecule has 0 spiro atoms. The van der Waals surface area contributed by atoms with E-state index in [4.69, 9.17) is 17.0 Å². The summed E-state index contributed by atoms with van der Waals surface area (Å²) >= 11 is 5.05. The molecule has 1 aromatic rings. The number of rotatable bonds is 3. The molecule has 2 rings (SSSR count). The Hall–Kier alpha value is -1.73. The molecule has 1 aliphatic heterocycles. The fourth-order valence-corrected chi connectivity index (χ4v) is 1.87. The Bertz CT molecular complexity index is 435. The van der Waals surface area contributed by atoms with E-state index in [1.165, 1.54) is 6.20 Å². The molecule has 0 aliphatic carbocycles. The van der Waals surface area contributed by atoms with Crippen LogP contribution in [0.25, 0.3) is 0 Å². The van der Waals surface area contributed by atoms with E-state index < -0.39 is 0 Å². The third-order valence-corrected chi connectivity index (χ3v) is 2.97. The largest absolute Gasteiger partial charge is 0.376 e. The number of aromatic nitrogens is 1. The molecule has 1 atom stereocenters. The molecule has 6 nitrogen and oxygen atoms in total. The number of pyridine rings is 1. The van der Waals surface area contributed by atoms with Crippen LogP contribution in [0.1, 0.15) is 23.2 Å². The molecule has 7 heteroatoms. The second-order valence-corrected chi connectivity index (χ2v) is 4.57. The molecule has 3 N–H and O–H groups in total. The summed E-state index contributed by atoms with van der Waals surface area (Å²) in [5.74, 6) is -0.283. The first-order valence-corrected chi connectivity index (χ1v) is 6.52. The highest BCUT2D eigenvalue weighted by Crippen LogP contribution is 2.10. The van der Waals surface area contributed by atoms with Gasteiger partial charge in [-0.05, 0) is 37.2 Å². The first-order valence-electron chi connectivity index (χ1n) is 6.11. The first kappa shape index (κ1) is 13.7. The quantitative estimate of drug-likeness (QED) is 0.549. The van der Waals surface area contributed by atoms with Crippen LogP contribution in [0.2, 0.25) is 0 Å². The minimum Gasteiger partial charge on any atom is -0.376 e. The molecule has 1 aliphatic rings.